The van der Waals surface area contributed by atoms with Crippen molar-refractivity contribution in [2.75, 3.05) is 25.9 Å². The average Bonchev–Trinajstić information content (AvgIpc) is 3.18. The van der Waals surface area contributed by atoms with Crippen LogP contribution in [-0.4, -0.2) is 54.1 Å². The van der Waals surface area contributed by atoms with Crippen LogP contribution >= 0.6 is 12.4 Å². The van der Waals surface area contributed by atoms with E-state index in [4.69, 9.17) is 0 Å². The van der Waals surface area contributed by atoms with E-state index in [1.165, 1.54) is 18.4 Å². The number of imidazole rings is 1. The molecule has 206 valence electrons. The smallest absolute Gasteiger partial charge is 0.302 e. The lowest BCUT2D eigenvalue weighted by molar-refractivity contribution is 0.0837. The number of carbonyl (C=O) groups is 1. The van der Waals surface area contributed by atoms with Crippen molar-refractivity contribution in [1.82, 2.24) is 14.0 Å². The van der Waals surface area contributed by atoms with E-state index in [1.54, 1.807) is 39.5 Å². The van der Waals surface area contributed by atoms with Crippen molar-refractivity contribution in [1.29, 1.82) is 0 Å². The molecule has 1 aromatic heterocycles. The second kappa shape index (κ2) is 11.9. The predicted octanol–water partition coefficient (Wildman–Crippen LogP) is 4.41. The normalized spacial score (nSPS) is 14.8. The van der Waals surface area contributed by atoms with Crippen molar-refractivity contribution in [3.8, 4) is 0 Å². The van der Waals surface area contributed by atoms with Gasteiger partial charge in [-0.3, -0.25) is 13.9 Å². The maximum atomic E-state index is 13.5. The summed E-state index contributed by atoms with van der Waals surface area (Å²) in [5.74, 6) is -0.372. The molecule has 39 heavy (non-hydrogen) atoms. The van der Waals surface area contributed by atoms with Crippen LogP contribution in [0.3, 0.4) is 0 Å². The van der Waals surface area contributed by atoms with Gasteiger partial charge in [-0.15, -0.1) is 12.4 Å². The van der Waals surface area contributed by atoms with Gasteiger partial charge in [-0.25, -0.2) is 17.6 Å². The number of aromatic nitrogens is 2. The Balaban J connectivity index is 0.00000353. The van der Waals surface area contributed by atoms with Crippen molar-refractivity contribution in [2.45, 2.75) is 30.8 Å². The number of sulfone groups is 1. The molecular formula is C29H31ClFN3O4S. The Morgan fingerprint density at radius 3 is 2.18 bits per heavy atom. The second-order valence-corrected chi connectivity index (χ2v) is 11.9. The molecular weight excluding hydrogens is 541 g/mol. The first-order valence-corrected chi connectivity index (χ1v) is 14.6. The van der Waals surface area contributed by atoms with E-state index in [-0.39, 0.29) is 47.1 Å². The van der Waals surface area contributed by atoms with Crippen molar-refractivity contribution in [3.63, 3.8) is 0 Å². The number of rotatable bonds is 8. The van der Waals surface area contributed by atoms with Gasteiger partial charge in [-0.05, 0) is 80.0 Å². The molecule has 0 spiro atoms. The molecule has 0 aliphatic carbocycles. The molecule has 0 amide bonds. The van der Waals surface area contributed by atoms with Gasteiger partial charge in [0.05, 0.1) is 22.5 Å². The number of nitrogens with zero attached hydrogens (tertiary/aromatic N) is 3. The Labute approximate surface area is 233 Å². The molecule has 0 atom stereocenters. The third-order valence-electron chi connectivity index (χ3n) is 7.32. The van der Waals surface area contributed by atoms with E-state index in [0.717, 1.165) is 42.5 Å². The number of piperidine rings is 1. The summed E-state index contributed by atoms with van der Waals surface area (Å²) >= 11 is 0. The molecule has 1 aliphatic rings. The van der Waals surface area contributed by atoms with Gasteiger partial charge in [-0.1, -0.05) is 24.3 Å². The van der Waals surface area contributed by atoms with Crippen molar-refractivity contribution in [2.24, 2.45) is 5.92 Å². The Hall–Kier alpha value is -3.27. The summed E-state index contributed by atoms with van der Waals surface area (Å²) in [4.78, 5) is 28.8. The quantitative estimate of drug-likeness (QED) is 0.293. The number of fused-ring (bicyclic) bond motifs is 1. The predicted molar refractivity (Wildman–Crippen MR) is 152 cm³/mol. The van der Waals surface area contributed by atoms with E-state index in [2.05, 4.69) is 4.90 Å². The lowest BCUT2D eigenvalue weighted by Crippen LogP contribution is -2.39. The molecule has 5 rings (SSSR count). The average molecular weight is 572 g/mol. The summed E-state index contributed by atoms with van der Waals surface area (Å²) in [5.41, 5.74) is 2.78. The first-order chi connectivity index (χ1) is 18.2. The van der Waals surface area contributed by atoms with Gasteiger partial charge in [0, 0.05) is 30.8 Å². The van der Waals surface area contributed by atoms with Crippen LogP contribution in [0.4, 0.5) is 4.39 Å². The topological polar surface area (TPSA) is 81.4 Å². The molecule has 0 N–H and O–H groups in total. The van der Waals surface area contributed by atoms with Crippen LogP contribution in [0.2, 0.25) is 0 Å². The molecule has 4 aromatic rings. The van der Waals surface area contributed by atoms with E-state index >= 15 is 0 Å². The number of ketones is 1. The van der Waals surface area contributed by atoms with Gasteiger partial charge < -0.3 is 4.90 Å². The van der Waals surface area contributed by atoms with Gasteiger partial charge in [-0.2, -0.15) is 0 Å². The van der Waals surface area contributed by atoms with Gasteiger partial charge in [0.15, 0.2) is 15.6 Å². The number of benzene rings is 3. The standard InChI is InChI=1S/C29H30FN3O4S.ClH/c1-38(36,37)25-6-4-5-21(19-25)20-33-27-8-3-2-7-26(27)32(29(33)35)18-17-31-15-13-23(14-16-31)28(34)22-9-11-24(30)12-10-22;/h2-12,19,23H,13-18,20H2,1H3;1H. The monoisotopic (exact) mass is 571 g/mol. The zero-order valence-electron chi connectivity index (χ0n) is 21.6. The Morgan fingerprint density at radius 1 is 0.897 bits per heavy atom. The molecule has 0 saturated carbocycles. The lowest BCUT2D eigenvalue weighted by atomic mass is 9.89. The third kappa shape index (κ3) is 6.32. The zero-order valence-corrected chi connectivity index (χ0v) is 23.3. The highest BCUT2D eigenvalue weighted by atomic mass is 35.5. The van der Waals surface area contributed by atoms with Crippen LogP contribution in [0.25, 0.3) is 11.0 Å². The number of Topliss-reactive ketones (excluding diaryl/α,β-unsaturated/α-hetero) is 1. The number of para-hydroxylation sites is 2. The molecule has 1 saturated heterocycles. The Morgan fingerprint density at radius 2 is 1.54 bits per heavy atom. The maximum absolute atomic E-state index is 13.5. The number of hydrogen-bond donors (Lipinski definition) is 0. The van der Waals surface area contributed by atoms with Crippen molar-refractivity contribution < 1.29 is 17.6 Å². The highest BCUT2D eigenvalue weighted by molar-refractivity contribution is 7.90. The summed E-state index contributed by atoms with van der Waals surface area (Å²) in [5, 5.41) is 0. The summed E-state index contributed by atoms with van der Waals surface area (Å²) < 4.78 is 40.6. The Kier molecular flexibility index (Phi) is 8.73. The minimum atomic E-state index is -3.35. The highest BCUT2D eigenvalue weighted by Gasteiger charge is 2.26. The van der Waals surface area contributed by atoms with Gasteiger partial charge in [0.1, 0.15) is 5.82 Å². The lowest BCUT2D eigenvalue weighted by Gasteiger charge is -2.31. The summed E-state index contributed by atoms with van der Waals surface area (Å²) in [6, 6.07) is 20.0. The molecule has 1 fully saturated rings. The van der Waals surface area contributed by atoms with Gasteiger partial charge in [0.2, 0.25) is 0 Å². The van der Waals surface area contributed by atoms with Crippen LogP contribution < -0.4 is 5.69 Å². The van der Waals surface area contributed by atoms with Crippen molar-refractivity contribution >= 4 is 39.1 Å². The molecule has 1 aliphatic heterocycles. The molecule has 7 nitrogen and oxygen atoms in total. The highest BCUT2D eigenvalue weighted by Crippen LogP contribution is 2.23. The first-order valence-electron chi connectivity index (χ1n) is 12.7. The fourth-order valence-corrected chi connectivity index (χ4v) is 5.90. The van der Waals surface area contributed by atoms with Crippen LogP contribution in [0.5, 0.6) is 0 Å². The van der Waals surface area contributed by atoms with Gasteiger partial charge in [0.25, 0.3) is 0 Å². The van der Waals surface area contributed by atoms with E-state index in [0.29, 0.717) is 18.7 Å². The van der Waals surface area contributed by atoms with Crippen LogP contribution in [0.15, 0.2) is 82.5 Å². The maximum Gasteiger partial charge on any atom is 0.329 e. The molecule has 0 radical (unpaired) electrons. The largest absolute Gasteiger partial charge is 0.329 e. The van der Waals surface area contributed by atoms with Crippen molar-refractivity contribution in [3.05, 3.63) is 100 Å². The van der Waals surface area contributed by atoms with E-state index in [1.807, 2.05) is 30.3 Å². The zero-order chi connectivity index (χ0) is 26.9. The fraction of sp³-hybridized carbons (Fsp3) is 0.310. The fourth-order valence-electron chi connectivity index (χ4n) is 5.21. The van der Waals surface area contributed by atoms with Gasteiger partial charge >= 0.3 is 5.69 Å². The molecule has 0 bridgehead atoms. The second-order valence-electron chi connectivity index (χ2n) is 9.92. The van der Waals surface area contributed by atoms with Crippen LogP contribution in [-0.2, 0) is 22.9 Å². The minimum Gasteiger partial charge on any atom is -0.302 e. The minimum absolute atomic E-state index is 0. The Bertz CT molecular complexity index is 1640. The number of carbonyl (C=O) groups excluding carboxylic acids is 1. The van der Waals surface area contributed by atoms with E-state index < -0.39 is 9.84 Å². The van der Waals surface area contributed by atoms with Crippen LogP contribution in [0.1, 0.15) is 28.8 Å². The SMILES string of the molecule is CS(=O)(=O)c1cccc(Cn2c(=O)n(CCN3CCC(C(=O)c4ccc(F)cc4)CC3)c3ccccc32)c1.Cl. The number of hydrogen-bond acceptors (Lipinski definition) is 5. The third-order valence-corrected chi connectivity index (χ3v) is 8.43. The van der Waals surface area contributed by atoms with Crippen LogP contribution in [0, 0.1) is 11.7 Å². The molecule has 0 unspecified atom stereocenters. The molecule has 3 aromatic carbocycles. The number of halogens is 2. The summed E-state index contributed by atoms with van der Waals surface area (Å²) in [6.45, 7) is 2.96. The van der Waals surface area contributed by atoms with E-state index in [9.17, 15) is 22.4 Å². The number of likely N-dealkylation sites (tertiary alicyclic amines) is 1. The summed E-state index contributed by atoms with van der Waals surface area (Å²) in [6.07, 6.45) is 2.62. The first kappa shape index (κ1) is 28.7. The summed E-state index contributed by atoms with van der Waals surface area (Å²) in [7, 11) is -3.35. The molecule has 2 heterocycles. The molecule has 10 heteroatoms.